The molecule has 6 heteroatoms. The monoisotopic (exact) mass is 199 g/mol. The standard InChI is InChI=1S/C7H9N3O2S/c1-10(2-6(8)11)7(12)5-3-13-4-9-5/h3-4H,2H2,1H3,(H2,8,11). The summed E-state index contributed by atoms with van der Waals surface area (Å²) in [4.78, 5) is 27.0. The molecule has 0 atom stereocenters. The largest absolute Gasteiger partial charge is 0.368 e. The molecule has 0 saturated heterocycles. The summed E-state index contributed by atoms with van der Waals surface area (Å²) in [7, 11) is 1.51. The number of carbonyl (C=O) groups is 2. The number of rotatable bonds is 3. The summed E-state index contributed by atoms with van der Waals surface area (Å²) in [6.45, 7) is -0.0869. The average Bonchev–Trinajstić information content (AvgIpc) is 2.53. The molecule has 2 N–H and O–H groups in total. The molecule has 1 rings (SSSR count). The summed E-state index contributed by atoms with van der Waals surface area (Å²) in [5.41, 5.74) is 6.84. The highest BCUT2D eigenvalue weighted by molar-refractivity contribution is 7.07. The third-order valence-corrected chi connectivity index (χ3v) is 1.98. The summed E-state index contributed by atoms with van der Waals surface area (Å²) >= 11 is 1.33. The first-order valence-corrected chi connectivity index (χ1v) is 4.47. The number of likely N-dealkylation sites (N-methyl/N-ethyl adjacent to an activating group) is 1. The maximum Gasteiger partial charge on any atom is 0.273 e. The van der Waals surface area contributed by atoms with Crippen LogP contribution >= 0.6 is 11.3 Å². The van der Waals surface area contributed by atoms with E-state index in [-0.39, 0.29) is 12.5 Å². The third-order valence-electron chi connectivity index (χ3n) is 1.39. The van der Waals surface area contributed by atoms with Gasteiger partial charge in [-0.1, -0.05) is 0 Å². The Labute approximate surface area is 79.2 Å². The molecule has 0 spiro atoms. The van der Waals surface area contributed by atoms with E-state index in [4.69, 9.17) is 5.73 Å². The van der Waals surface area contributed by atoms with E-state index in [0.717, 1.165) is 0 Å². The predicted molar refractivity (Wildman–Crippen MR) is 48.3 cm³/mol. The second-order valence-corrected chi connectivity index (χ2v) is 3.22. The number of nitrogens with zero attached hydrogens (tertiary/aromatic N) is 2. The van der Waals surface area contributed by atoms with Crippen LogP contribution in [-0.2, 0) is 4.79 Å². The molecular weight excluding hydrogens is 190 g/mol. The van der Waals surface area contributed by atoms with Gasteiger partial charge in [-0.15, -0.1) is 11.3 Å². The fourth-order valence-electron chi connectivity index (χ4n) is 0.819. The van der Waals surface area contributed by atoms with Crippen LogP contribution < -0.4 is 5.73 Å². The van der Waals surface area contributed by atoms with Gasteiger partial charge in [-0.25, -0.2) is 4.98 Å². The fraction of sp³-hybridized carbons (Fsp3) is 0.286. The molecule has 0 aromatic carbocycles. The molecule has 0 aliphatic heterocycles. The van der Waals surface area contributed by atoms with Crippen molar-refractivity contribution in [3.05, 3.63) is 16.6 Å². The summed E-state index contributed by atoms with van der Waals surface area (Å²) < 4.78 is 0. The average molecular weight is 199 g/mol. The first-order chi connectivity index (χ1) is 6.11. The second-order valence-electron chi connectivity index (χ2n) is 2.50. The van der Waals surface area contributed by atoms with E-state index >= 15 is 0 Å². The molecule has 1 aromatic heterocycles. The van der Waals surface area contributed by atoms with E-state index in [1.807, 2.05) is 0 Å². The number of hydrogen-bond acceptors (Lipinski definition) is 4. The lowest BCUT2D eigenvalue weighted by atomic mass is 10.4. The van der Waals surface area contributed by atoms with E-state index in [1.54, 1.807) is 10.9 Å². The number of carbonyl (C=O) groups excluding carboxylic acids is 2. The summed E-state index contributed by atoms with van der Waals surface area (Å²) in [5.74, 6) is -0.828. The first kappa shape index (κ1) is 9.66. The Morgan fingerprint density at radius 1 is 1.69 bits per heavy atom. The number of amides is 2. The lowest BCUT2D eigenvalue weighted by Gasteiger charge is -2.12. The SMILES string of the molecule is CN(CC(N)=O)C(=O)c1cscn1. The van der Waals surface area contributed by atoms with Crippen LogP contribution in [0.1, 0.15) is 10.5 Å². The van der Waals surface area contributed by atoms with Crippen LogP contribution in [0.25, 0.3) is 0 Å². The van der Waals surface area contributed by atoms with Crippen LogP contribution in [0.2, 0.25) is 0 Å². The van der Waals surface area contributed by atoms with Crippen LogP contribution in [0.15, 0.2) is 10.9 Å². The zero-order chi connectivity index (χ0) is 9.84. The van der Waals surface area contributed by atoms with Gasteiger partial charge in [-0.05, 0) is 0 Å². The Morgan fingerprint density at radius 3 is 2.85 bits per heavy atom. The molecule has 0 aliphatic carbocycles. The molecule has 1 aromatic rings. The van der Waals surface area contributed by atoms with Gasteiger partial charge in [0.1, 0.15) is 5.69 Å². The molecule has 0 aliphatic rings. The quantitative estimate of drug-likeness (QED) is 0.726. The zero-order valence-corrected chi connectivity index (χ0v) is 7.87. The van der Waals surface area contributed by atoms with Gasteiger partial charge in [0, 0.05) is 12.4 Å². The van der Waals surface area contributed by atoms with Crippen LogP contribution in [0.4, 0.5) is 0 Å². The molecule has 2 amide bonds. The van der Waals surface area contributed by atoms with E-state index in [0.29, 0.717) is 5.69 Å². The highest BCUT2D eigenvalue weighted by Gasteiger charge is 2.14. The molecule has 0 fully saturated rings. The maximum atomic E-state index is 11.4. The number of hydrogen-bond donors (Lipinski definition) is 1. The molecule has 70 valence electrons. The molecule has 0 radical (unpaired) electrons. The van der Waals surface area contributed by atoms with E-state index in [1.165, 1.54) is 23.3 Å². The lowest BCUT2D eigenvalue weighted by Crippen LogP contribution is -2.35. The smallest absolute Gasteiger partial charge is 0.273 e. The zero-order valence-electron chi connectivity index (χ0n) is 7.06. The van der Waals surface area contributed by atoms with Crippen molar-refractivity contribution in [2.45, 2.75) is 0 Å². The van der Waals surface area contributed by atoms with E-state index in [9.17, 15) is 9.59 Å². The Balaban J connectivity index is 2.63. The molecule has 5 nitrogen and oxygen atoms in total. The van der Waals surface area contributed by atoms with Crippen LogP contribution in [0.5, 0.6) is 0 Å². The van der Waals surface area contributed by atoms with Gasteiger partial charge < -0.3 is 10.6 Å². The minimum absolute atomic E-state index is 0.0869. The van der Waals surface area contributed by atoms with Crippen LogP contribution in [-0.4, -0.2) is 35.3 Å². The lowest BCUT2D eigenvalue weighted by molar-refractivity contribution is -0.118. The van der Waals surface area contributed by atoms with Crippen molar-refractivity contribution in [2.24, 2.45) is 5.73 Å². The molecule has 0 bridgehead atoms. The normalized spacial score (nSPS) is 9.62. The van der Waals surface area contributed by atoms with Crippen LogP contribution in [0.3, 0.4) is 0 Å². The summed E-state index contributed by atoms with van der Waals surface area (Å²) in [6.07, 6.45) is 0. The van der Waals surface area contributed by atoms with Crippen molar-refractivity contribution < 1.29 is 9.59 Å². The first-order valence-electron chi connectivity index (χ1n) is 3.53. The van der Waals surface area contributed by atoms with Gasteiger partial charge in [0.15, 0.2) is 0 Å². The third kappa shape index (κ3) is 2.51. The van der Waals surface area contributed by atoms with Gasteiger partial charge in [0.05, 0.1) is 12.1 Å². The number of thiazole rings is 1. The highest BCUT2D eigenvalue weighted by atomic mass is 32.1. The highest BCUT2D eigenvalue weighted by Crippen LogP contribution is 2.03. The molecule has 1 heterocycles. The minimum Gasteiger partial charge on any atom is -0.368 e. The van der Waals surface area contributed by atoms with Gasteiger partial charge >= 0.3 is 0 Å². The fourth-order valence-corrected chi connectivity index (χ4v) is 1.35. The van der Waals surface area contributed by atoms with Crippen molar-refractivity contribution in [2.75, 3.05) is 13.6 Å². The van der Waals surface area contributed by atoms with Gasteiger partial charge in [0.2, 0.25) is 5.91 Å². The van der Waals surface area contributed by atoms with E-state index < -0.39 is 5.91 Å². The Morgan fingerprint density at radius 2 is 2.38 bits per heavy atom. The molecular formula is C7H9N3O2S. The van der Waals surface area contributed by atoms with Crippen molar-refractivity contribution >= 4 is 23.2 Å². The van der Waals surface area contributed by atoms with E-state index in [2.05, 4.69) is 4.98 Å². The minimum atomic E-state index is -0.536. The Hall–Kier alpha value is -1.43. The van der Waals surface area contributed by atoms with Crippen molar-refractivity contribution in [3.8, 4) is 0 Å². The number of nitrogens with two attached hydrogens (primary N) is 1. The Kier molecular flexibility index (Phi) is 2.97. The summed E-state index contributed by atoms with van der Waals surface area (Å²) in [6, 6.07) is 0. The molecule has 0 unspecified atom stereocenters. The topological polar surface area (TPSA) is 76.3 Å². The van der Waals surface area contributed by atoms with Crippen molar-refractivity contribution in [3.63, 3.8) is 0 Å². The maximum absolute atomic E-state index is 11.4. The van der Waals surface area contributed by atoms with Gasteiger partial charge in [0.25, 0.3) is 5.91 Å². The summed E-state index contributed by atoms with van der Waals surface area (Å²) in [5, 5.41) is 1.62. The predicted octanol–water partition coefficient (Wildman–Crippen LogP) is -0.300. The van der Waals surface area contributed by atoms with Crippen LogP contribution in [0, 0.1) is 0 Å². The second kappa shape index (κ2) is 3.99. The number of primary amides is 1. The molecule has 0 saturated carbocycles. The number of aromatic nitrogens is 1. The molecule has 13 heavy (non-hydrogen) atoms. The van der Waals surface area contributed by atoms with Crippen molar-refractivity contribution in [1.29, 1.82) is 0 Å². The Bertz CT molecular complexity index is 310. The van der Waals surface area contributed by atoms with Gasteiger partial charge in [-0.3, -0.25) is 9.59 Å². The van der Waals surface area contributed by atoms with Gasteiger partial charge in [-0.2, -0.15) is 0 Å². The van der Waals surface area contributed by atoms with Crippen molar-refractivity contribution in [1.82, 2.24) is 9.88 Å².